The van der Waals surface area contributed by atoms with Gasteiger partial charge in [0.15, 0.2) is 0 Å². The summed E-state index contributed by atoms with van der Waals surface area (Å²) >= 11 is 0. The van der Waals surface area contributed by atoms with Crippen LogP contribution in [0, 0.1) is 17.0 Å². The molecule has 0 N–H and O–H groups in total. The Bertz CT molecular complexity index is 521. The van der Waals surface area contributed by atoms with Gasteiger partial charge >= 0.3 is 5.97 Å². The fourth-order valence-electron chi connectivity index (χ4n) is 2.20. The first-order valence-electron chi connectivity index (χ1n) is 6.29. The van der Waals surface area contributed by atoms with Gasteiger partial charge < -0.3 is 4.74 Å². The van der Waals surface area contributed by atoms with Crippen LogP contribution >= 0.6 is 0 Å². The minimum absolute atomic E-state index is 0.0948. The van der Waals surface area contributed by atoms with Crippen molar-refractivity contribution in [2.75, 3.05) is 12.9 Å². The van der Waals surface area contributed by atoms with Crippen molar-refractivity contribution in [2.24, 2.45) is 5.41 Å². The average Bonchev–Trinajstić information content (AvgIpc) is 3.06. The van der Waals surface area contributed by atoms with E-state index in [1.165, 1.54) is 19.2 Å². The Labute approximate surface area is 118 Å². The van der Waals surface area contributed by atoms with Crippen LogP contribution in [0.5, 0.6) is 0 Å². The number of rotatable bonds is 6. The largest absolute Gasteiger partial charge is 0.469 e. The first-order valence-corrected chi connectivity index (χ1v) is 7.78. The normalized spacial score (nSPS) is 17.6. The maximum Gasteiger partial charge on any atom is 0.306 e. The summed E-state index contributed by atoms with van der Waals surface area (Å²) in [5.41, 5.74) is 0.124. The molecule has 1 atom stereocenters. The molecule has 0 amide bonds. The molecule has 0 radical (unpaired) electrons. The molecule has 0 heterocycles. The van der Waals surface area contributed by atoms with Gasteiger partial charge in [-0.3, -0.25) is 9.00 Å². The van der Waals surface area contributed by atoms with Gasteiger partial charge in [0, 0.05) is 28.4 Å². The first kappa shape index (κ1) is 15.1. The lowest BCUT2D eigenvalue weighted by Crippen LogP contribution is -2.18. The highest BCUT2D eigenvalue weighted by atomic mass is 32.2. The summed E-state index contributed by atoms with van der Waals surface area (Å²) in [5.74, 6) is -1.20. The summed E-state index contributed by atoms with van der Waals surface area (Å²) in [7, 11) is 0.0703. The monoisotopic (exact) mass is 302 g/mol. The quantitative estimate of drug-likeness (QED) is 0.759. The Morgan fingerprint density at radius 3 is 2.40 bits per heavy atom. The molecule has 1 fully saturated rings. The molecule has 20 heavy (non-hydrogen) atoms. The highest BCUT2D eigenvalue weighted by Gasteiger charge is 2.45. The van der Waals surface area contributed by atoms with Crippen LogP contribution in [0.3, 0.4) is 0 Å². The first-order chi connectivity index (χ1) is 9.42. The van der Waals surface area contributed by atoms with E-state index in [0.29, 0.717) is 11.3 Å². The van der Waals surface area contributed by atoms with Crippen molar-refractivity contribution in [2.45, 2.75) is 25.0 Å². The minimum Gasteiger partial charge on any atom is -0.469 e. The van der Waals surface area contributed by atoms with E-state index in [9.17, 15) is 17.8 Å². The third kappa shape index (κ3) is 4.10. The molecule has 1 aromatic rings. The van der Waals surface area contributed by atoms with Gasteiger partial charge in [-0.1, -0.05) is 0 Å². The second kappa shape index (κ2) is 5.99. The van der Waals surface area contributed by atoms with Gasteiger partial charge in [0.1, 0.15) is 11.6 Å². The number of esters is 1. The Morgan fingerprint density at radius 2 is 1.90 bits per heavy atom. The second-order valence-electron chi connectivity index (χ2n) is 5.26. The van der Waals surface area contributed by atoms with E-state index in [1.54, 1.807) is 0 Å². The fourth-order valence-corrected chi connectivity index (χ4v) is 3.91. The molecule has 0 aromatic heterocycles. The van der Waals surface area contributed by atoms with Crippen LogP contribution < -0.4 is 0 Å². The summed E-state index contributed by atoms with van der Waals surface area (Å²) in [6.07, 6.45) is 1.93. The summed E-state index contributed by atoms with van der Waals surface area (Å²) in [5, 5.41) is 0. The second-order valence-corrected chi connectivity index (χ2v) is 6.72. The molecule has 0 spiro atoms. The zero-order valence-electron chi connectivity index (χ0n) is 11.2. The molecule has 1 unspecified atom stereocenters. The van der Waals surface area contributed by atoms with Crippen LogP contribution in [0.15, 0.2) is 18.2 Å². The molecule has 3 nitrogen and oxygen atoms in total. The Balaban J connectivity index is 1.94. The van der Waals surface area contributed by atoms with Crippen molar-refractivity contribution in [3.05, 3.63) is 35.4 Å². The van der Waals surface area contributed by atoms with E-state index in [4.69, 9.17) is 0 Å². The number of hydrogen-bond acceptors (Lipinski definition) is 3. The number of ether oxygens (including phenoxy) is 1. The summed E-state index contributed by atoms with van der Waals surface area (Å²) in [6.45, 7) is 0. The van der Waals surface area contributed by atoms with E-state index in [-0.39, 0.29) is 23.6 Å². The highest BCUT2D eigenvalue weighted by molar-refractivity contribution is 7.84. The number of benzene rings is 1. The maximum absolute atomic E-state index is 13.0. The van der Waals surface area contributed by atoms with Crippen molar-refractivity contribution in [1.82, 2.24) is 0 Å². The molecule has 1 aromatic carbocycles. The van der Waals surface area contributed by atoms with Crippen molar-refractivity contribution in [3.63, 3.8) is 0 Å². The van der Waals surface area contributed by atoms with Crippen molar-refractivity contribution >= 4 is 16.8 Å². The number of methoxy groups -OCH3 is 1. The van der Waals surface area contributed by atoms with Gasteiger partial charge in [-0.05, 0) is 36.0 Å². The Hall–Kier alpha value is -1.30. The topological polar surface area (TPSA) is 43.4 Å². The molecule has 1 aliphatic rings. The van der Waals surface area contributed by atoms with Crippen LogP contribution in [-0.2, 0) is 26.1 Å². The third-order valence-electron chi connectivity index (χ3n) is 3.42. The maximum atomic E-state index is 13.0. The predicted molar refractivity (Wildman–Crippen MR) is 71.4 cm³/mol. The van der Waals surface area contributed by atoms with Crippen LogP contribution in [-0.4, -0.2) is 23.0 Å². The predicted octanol–water partition coefficient (Wildman–Crippen LogP) is 2.56. The Kier molecular flexibility index (Phi) is 4.52. The lowest BCUT2D eigenvalue weighted by atomic mass is 10.1. The number of carbonyl (C=O) groups excluding carboxylic acids is 1. The fraction of sp³-hybridized carbons (Fsp3) is 0.500. The summed E-state index contributed by atoms with van der Waals surface area (Å²) < 4.78 is 42.8. The van der Waals surface area contributed by atoms with E-state index in [0.717, 1.165) is 18.9 Å². The van der Waals surface area contributed by atoms with Crippen LogP contribution in [0.4, 0.5) is 8.78 Å². The van der Waals surface area contributed by atoms with Crippen molar-refractivity contribution in [1.29, 1.82) is 0 Å². The SMILES string of the molecule is COC(=O)CC1(CS(=O)Cc2cc(F)cc(F)c2)CC1. The van der Waals surface area contributed by atoms with E-state index in [2.05, 4.69) is 4.74 Å². The van der Waals surface area contributed by atoms with Gasteiger partial charge in [0.2, 0.25) is 0 Å². The lowest BCUT2D eigenvalue weighted by molar-refractivity contribution is -0.141. The van der Waals surface area contributed by atoms with E-state index >= 15 is 0 Å². The third-order valence-corrected chi connectivity index (χ3v) is 5.01. The standard InChI is InChI=1S/C14H16F2O3S/c1-19-13(17)7-14(2-3-14)9-20(18)8-10-4-11(15)6-12(16)5-10/h4-6H,2-3,7-9H2,1H3. The molecule has 1 saturated carbocycles. The molecule has 1 aliphatic carbocycles. The van der Waals surface area contributed by atoms with Gasteiger partial charge in [0.05, 0.1) is 13.5 Å². The molecular formula is C14H16F2O3S. The Morgan fingerprint density at radius 1 is 1.30 bits per heavy atom. The van der Waals surface area contributed by atoms with Crippen molar-refractivity contribution in [3.8, 4) is 0 Å². The molecule has 6 heteroatoms. The minimum atomic E-state index is -1.25. The van der Waals surface area contributed by atoms with Gasteiger partial charge in [0.25, 0.3) is 0 Å². The van der Waals surface area contributed by atoms with Crippen LogP contribution in [0.25, 0.3) is 0 Å². The zero-order chi connectivity index (χ0) is 14.8. The van der Waals surface area contributed by atoms with Gasteiger partial charge in [-0.25, -0.2) is 8.78 Å². The average molecular weight is 302 g/mol. The lowest BCUT2D eigenvalue weighted by Gasteiger charge is -2.13. The zero-order valence-corrected chi connectivity index (χ0v) is 12.0. The summed E-state index contributed by atoms with van der Waals surface area (Å²) in [6, 6.07) is 3.15. The smallest absolute Gasteiger partial charge is 0.306 e. The van der Waals surface area contributed by atoms with Gasteiger partial charge in [-0.15, -0.1) is 0 Å². The van der Waals surface area contributed by atoms with E-state index < -0.39 is 22.4 Å². The molecule has 2 rings (SSSR count). The molecule has 0 aliphatic heterocycles. The molecule has 110 valence electrons. The van der Waals surface area contributed by atoms with Crippen LogP contribution in [0.2, 0.25) is 0 Å². The van der Waals surface area contributed by atoms with Crippen LogP contribution in [0.1, 0.15) is 24.8 Å². The van der Waals surface area contributed by atoms with Gasteiger partial charge in [-0.2, -0.15) is 0 Å². The highest BCUT2D eigenvalue weighted by Crippen LogP contribution is 2.49. The van der Waals surface area contributed by atoms with E-state index in [1.807, 2.05) is 0 Å². The molecule has 0 bridgehead atoms. The number of carbonyl (C=O) groups is 1. The van der Waals surface area contributed by atoms with Crippen molar-refractivity contribution < 1.29 is 22.5 Å². The number of halogens is 2. The molecule has 0 saturated heterocycles. The summed E-state index contributed by atoms with van der Waals surface area (Å²) in [4.78, 5) is 11.3. The number of hydrogen-bond donors (Lipinski definition) is 0. The molecular weight excluding hydrogens is 286 g/mol.